The van der Waals surface area contributed by atoms with Gasteiger partial charge in [0.2, 0.25) is 5.95 Å². The number of hydrogen-bond donors (Lipinski definition) is 0. The van der Waals surface area contributed by atoms with Crippen molar-refractivity contribution < 1.29 is 9.53 Å². The molecule has 0 aliphatic carbocycles. The lowest BCUT2D eigenvalue weighted by molar-refractivity contribution is -0.117. The van der Waals surface area contributed by atoms with Crippen molar-refractivity contribution >= 4 is 33.5 Å². The van der Waals surface area contributed by atoms with E-state index in [1.807, 2.05) is 30.3 Å². The Hall–Kier alpha value is -2.15. The molecule has 1 aliphatic rings. The van der Waals surface area contributed by atoms with Crippen LogP contribution in [-0.2, 0) is 4.79 Å². The summed E-state index contributed by atoms with van der Waals surface area (Å²) >= 11 is 3.59. The van der Waals surface area contributed by atoms with Crippen LogP contribution in [0.1, 0.15) is 45.1 Å². The zero-order valence-corrected chi connectivity index (χ0v) is 19.1. The number of carbonyl (C=O) groups excluding carboxylic acids is 1. The molecule has 1 aromatic heterocycles. The second kappa shape index (κ2) is 9.57. The topological polar surface area (TPSA) is 58.6 Å². The molecule has 1 saturated heterocycles. The van der Waals surface area contributed by atoms with E-state index in [4.69, 9.17) is 9.72 Å². The number of halogens is 1. The third kappa shape index (κ3) is 5.47. The van der Waals surface area contributed by atoms with Crippen molar-refractivity contribution in [3.63, 3.8) is 0 Å². The van der Waals surface area contributed by atoms with Gasteiger partial charge in [0.25, 0.3) is 0 Å². The molecule has 29 heavy (non-hydrogen) atoms. The summed E-state index contributed by atoms with van der Waals surface area (Å²) in [6, 6.07) is 8.13. The highest BCUT2D eigenvalue weighted by molar-refractivity contribution is 9.10. The zero-order valence-electron chi connectivity index (χ0n) is 17.6. The predicted octanol–water partition coefficient (Wildman–Crippen LogP) is 4.44. The molecule has 7 heteroatoms. The van der Waals surface area contributed by atoms with Crippen LogP contribution in [0.25, 0.3) is 0 Å². The molecular weight excluding hydrogens is 432 g/mol. The van der Waals surface area contributed by atoms with Crippen LogP contribution in [0.2, 0.25) is 0 Å². The fourth-order valence-electron chi connectivity index (χ4n) is 3.53. The molecule has 0 spiro atoms. The van der Waals surface area contributed by atoms with E-state index in [0.717, 1.165) is 53.6 Å². The molecule has 0 unspecified atom stereocenters. The number of carbonyl (C=O) groups is 1. The van der Waals surface area contributed by atoms with Crippen molar-refractivity contribution in [1.29, 1.82) is 0 Å². The molecule has 3 rings (SSSR count). The van der Waals surface area contributed by atoms with Crippen LogP contribution >= 0.6 is 15.9 Å². The molecule has 0 N–H and O–H groups in total. The number of anilines is 2. The average molecular weight is 461 g/mol. The third-order valence-corrected chi connectivity index (χ3v) is 5.88. The maximum absolute atomic E-state index is 11.3. The van der Waals surface area contributed by atoms with Crippen molar-refractivity contribution in [1.82, 2.24) is 9.97 Å². The van der Waals surface area contributed by atoms with Crippen LogP contribution in [0.15, 0.2) is 34.9 Å². The van der Waals surface area contributed by atoms with Gasteiger partial charge in [0.15, 0.2) is 0 Å². The van der Waals surface area contributed by atoms with E-state index >= 15 is 0 Å². The molecule has 6 nitrogen and oxygen atoms in total. The number of nitrogens with zero attached hydrogens (tertiary/aromatic N) is 4. The summed E-state index contributed by atoms with van der Waals surface area (Å²) in [7, 11) is 1.99. The molecule has 2 heterocycles. The van der Waals surface area contributed by atoms with Crippen molar-refractivity contribution in [3.8, 4) is 5.75 Å². The number of ether oxygens (including phenoxy) is 1. The van der Waals surface area contributed by atoms with Gasteiger partial charge in [0.05, 0.1) is 11.0 Å². The van der Waals surface area contributed by atoms with E-state index in [1.165, 1.54) is 0 Å². The second-order valence-electron chi connectivity index (χ2n) is 7.71. The Morgan fingerprint density at radius 3 is 2.76 bits per heavy atom. The molecule has 2 aromatic rings. The summed E-state index contributed by atoms with van der Waals surface area (Å²) in [4.78, 5) is 24.7. The molecule has 1 aliphatic heterocycles. The fraction of sp³-hybridized carbons (Fsp3) is 0.500. The summed E-state index contributed by atoms with van der Waals surface area (Å²) in [5.41, 5.74) is 1.16. The standard InChI is InChI=1S/C22H29BrN4O2/c1-5-26(4)22-24-13-20(23)21(25-22)27-11-10-19(14-27)29-18-8-6-17(7-9-18)15(2)12-16(3)28/h6-9,13,15,19H,5,10-12,14H2,1-4H3/t15-,19-/m1/s1. The van der Waals surface area contributed by atoms with Crippen LogP contribution in [0.4, 0.5) is 11.8 Å². The fourth-order valence-corrected chi connectivity index (χ4v) is 3.97. The Bertz CT molecular complexity index is 843. The Morgan fingerprint density at radius 2 is 2.10 bits per heavy atom. The first-order valence-corrected chi connectivity index (χ1v) is 10.9. The largest absolute Gasteiger partial charge is 0.489 e. The molecule has 1 fully saturated rings. The summed E-state index contributed by atoms with van der Waals surface area (Å²) in [6.45, 7) is 8.33. The van der Waals surface area contributed by atoms with Gasteiger partial charge in [-0.3, -0.25) is 0 Å². The van der Waals surface area contributed by atoms with Gasteiger partial charge in [-0.25, -0.2) is 4.98 Å². The van der Waals surface area contributed by atoms with E-state index in [1.54, 1.807) is 6.92 Å². The molecular formula is C22H29BrN4O2. The molecule has 0 bridgehead atoms. The van der Waals surface area contributed by atoms with Crippen LogP contribution in [0.5, 0.6) is 5.75 Å². The van der Waals surface area contributed by atoms with Gasteiger partial charge in [-0.05, 0) is 53.4 Å². The maximum atomic E-state index is 11.3. The van der Waals surface area contributed by atoms with Crippen LogP contribution < -0.4 is 14.5 Å². The highest BCUT2D eigenvalue weighted by Gasteiger charge is 2.27. The van der Waals surface area contributed by atoms with E-state index in [0.29, 0.717) is 6.42 Å². The minimum atomic E-state index is 0.115. The van der Waals surface area contributed by atoms with Gasteiger partial charge < -0.3 is 19.3 Å². The maximum Gasteiger partial charge on any atom is 0.227 e. The monoisotopic (exact) mass is 460 g/mol. The van der Waals surface area contributed by atoms with Crippen molar-refractivity contribution in [3.05, 3.63) is 40.5 Å². The van der Waals surface area contributed by atoms with Gasteiger partial charge in [-0.1, -0.05) is 19.1 Å². The molecule has 1 aromatic carbocycles. The lowest BCUT2D eigenvalue weighted by Gasteiger charge is -2.22. The first-order valence-electron chi connectivity index (χ1n) is 10.1. The van der Waals surface area contributed by atoms with Gasteiger partial charge in [0, 0.05) is 39.2 Å². The van der Waals surface area contributed by atoms with Crippen molar-refractivity contribution in [2.75, 3.05) is 36.5 Å². The summed E-state index contributed by atoms with van der Waals surface area (Å²) in [5.74, 6) is 2.95. The highest BCUT2D eigenvalue weighted by atomic mass is 79.9. The predicted molar refractivity (Wildman–Crippen MR) is 120 cm³/mol. The normalized spacial score (nSPS) is 17.3. The van der Waals surface area contributed by atoms with E-state index in [2.05, 4.69) is 51.8 Å². The smallest absolute Gasteiger partial charge is 0.227 e. The molecule has 156 valence electrons. The number of aromatic nitrogens is 2. The zero-order chi connectivity index (χ0) is 21.0. The number of hydrogen-bond acceptors (Lipinski definition) is 6. The Kier molecular flexibility index (Phi) is 7.11. The second-order valence-corrected chi connectivity index (χ2v) is 8.56. The SMILES string of the molecule is CCN(C)c1ncc(Br)c(N2CC[C@@H](Oc3ccc([C@H](C)CC(C)=O)cc3)C2)n1. The van der Waals surface area contributed by atoms with Crippen molar-refractivity contribution in [2.24, 2.45) is 0 Å². The van der Waals surface area contributed by atoms with Crippen LogP contribution in [-0.4, -0.2) is 48.5 Å². The third-order valence-electron chi connectivity index (χ3n) is 5.32. The van der Waals surface area contributed by atoms with E-state index in [9.17, 15) is 4.79 Å². The first-order chi connectivity index (χ1) is 13.9. The Labute approximate surface area is 181 Å². The number of Topliss-reactive ketones (excluding diaryl/α,β-unsaturated/α-hetero) is 1. The summed E-state index contributed by atoms with van der Waals surface area (Å²) in [6.07, 6.45) is 3.45. The van der Waals surface area contributed by atoms with Crippen LogP contribution in [0, 0.1) is 0 Å². The Balaban J connectivity index is 1.62. The molecule has 0 saturated carbocycles. The summed E-state index contributed by atoms with van der Waals surface area (Å²) in [5, 5.41) is 0. The first kappa shape index (κ1) is 21.6. The molecule has 0 amide bonds. The summed E-state index contributed by atoms with van der Waals surface area (Å²) < 4.78 is 7.10. The van der Waals surface area contributed by atoms with Gasteiger partial charge >= 0.3 is 0 Å². The van der Waals surface area contributed by atoms with E-state index in [-0.39, 0.29) is 17.8 Å². The highest BCUT2D eigenvalue weighted by Crippen LogP contribution is 2.30. The van der Waals surface area contributed by atoms with Crippen molar-refractivity contribution in [2.45, 2.75) is 45.6 Å². The number of ketones is 1. The lowest BCUT2D eigenvalue weighted by atomic mass is 9.96. The quantitative estimate of drug-likeness (QED) is 0.580. The van der Waals surface area contributed by atoms with Gasteiger partial charge in [-0.15, -0.1) is 0 Å². The Morgan fingerprint density at radius 1 is 1.38 bits per heavy atom. The van der Waals surface area contributed by atoms with Gasteiger partial charge in [0.1, 0.15) is 23.5 Å². The lowest BCUT2D eigenvalue weighted by Crippen LogP contribution is -2.27. The number of rotatable bonds is 8. The minimum Gasteiger partial charge on any atom is -0.489 e. The molecule has 2 atom stereocenters. The minimum absolute atomic E-state index is 0.115. The molecule has 0 radical (unpaired) electrons. The van der Waals surface area contributed by atoms with Crippen LogP contribution in [0.3, 0.4) is 0 Å². The number of benzene rings is 1. The average Bonchev–Trinajstić information content (AvgIpc) is 3.16. The van der Waals surface area contributed by atoms with E-state index < -0.39 is 0 Å². The van der Waals surface area contributed by atoms with Gasteiger partial charge in [-0.2, -0.15) is 4.98 Å².